The monoisotopic (exact) mass is 250 g/mol. The van der Waals surface area contributed by atoms with Gasteiger partial charge in [0, 0.05) is 31.4 Å². The van der Waals surface area contributed by atoms with Gasteiger partial charge >= 0.3 is 0 Å². The smallest absolute Gasteiger partial charge is 0.110 e. The lowest BCUT2D eigenvalue weighted by Crippen LogP contribution is -2.43. The van der Waals surface area contributed by atoms with E-state index in [1.807, 2.05) is 6.20 Å². The summed E-state index contributed by atoms with van der Waals surface area (Å²) in [5, 5.41) is 0. The number of hydrogen-bond acceptors (Lipinski definition) is 3. The standard InChI is InChI=1S/C14H26N4/c1-3-8-18-9-7-16-14(18)10-13(17-15)12-6-4-5-11(12)2/h7,9,11-13,17H,3-6,8,10,15H2,1-2H3. The van der Waals surface area contributed by atoms with Gasteiger partial charge in [0.25, 0.3) is 0 Å². The molecule has 1 aromatic heterocycles. The van der Waals surface area contributed by atoms with Crippen LogP contribution in [0.15, 0.2) is 12.4 Å². The van der Waals surface area contributed by atoms with Gasteiger partial charge in [-0.15, -0.1) is 0 Å². The fourth-order valence-corrected chi connectivity index (χ4v) is 3.28. The number of hydrazine groups is 1. The Labute approximate surface area is 110 Å². The minimum atomic E-state index is 0.362. The summed E-state index contributed by atoms with van der Waals surface area (Å²) in [6.07, 6.45) is 10.0. The zero-order valence-electron chi connectivity index (χ0n) is 11.6. The second kappa shape index (κ2) is 6.34. The van der Waals surface area contributed by atoms with E-state index in [2.05, 4.69) is 35.0 Å². The molecule has 102 valence electrons. The lowest BCUT2D eigenvalue weighted by molar-refractivity contribution is 0.292. The van der Waals surface area contributed by atoms with Crippen LogP contribution in [-0.2, 0) is 13.0 Å². The van der Waals surface area contributed by atoms with Crippen molar-refractivity contribution in [3.05, 3.63) is 18.2 Å². The van der Waals surface area contributed by atoms with Gasteiger partial charge in [-0.1, -0.05) is 26.7 Å². The first kappa shape index (κ1) is 13.6. The normalized spacial score (nSPS) is 25.5. The zero-order chi connectivity index (χ0) is 13.0. The average Bonchev–Trinajstić information content (AvgIpc) is 2.96. The predicted molar refractivity (Wildman–Crippen MR) is 73.8 cm³/mol. The van der Waals surface area contributed by atoms with Crippen LogP contribution in [0, 0.1) is 11.8 Å². The number of aromatic nitrogens is 2. The molecule has 2 rings (SSSR count). The van der Waals surface area contributed by atoms with E-state index in [-0.39, 0.29) is 0 Å². The molecule has 1 heterocycles. The van der Waals surface area contributed by atoms with Gasteiger partial charge in [-0.2, -0.15) is 0 Å². The van der Waals surface area contributed by atoms with Crippen molar-refractivity contribution in [3.8, 4) is 0 Å². The molecule has 0 bridgehead atoms. The van der Waals surface area contributed by atoms with Crippen LogP contribution in [0.3, 0.4) is 0 Å². The molecule has 4 nitrogen and oxygen atoms in total. The molecular weight excluding hydrogens is 224 g/mol. The molecule has 1 fully saturated rings. The van der Waals surface area contributed by atoms with Crippen LogP contribution in [0.25, 0.3) is 0 Å². The summed E-state index contributed by atoms with van der Waals surface area (Å²) in [6, 6.07) is 0.362. The summed E-state index contributed by atoms with van der Waals surface area (Å²) < 4.78 is 2.25. The molecule has 0 spiro atoms. The molecule has 3 unspecified atom stereocenters. The van der Waals surface area contributed by atoms with Crippen LogP contribution in [0.4, 0.5) is 0 Å². The van der Waals surface area contributed by atoms with Crippen LogP contribution in [0.5, 0.6) is 0 Å². The Bertz CT molecular complexity index is 360. The molecule has 1 aliphatic rings. The highest BCUT2D eigenvalue weighted by molar-refractivity contribution is 4.98. The molecule has 0 aliphatic heterocycles. The van der Waals surface area contributed by atoms with Crippen LogP contribution in [0.2, 0.25) is 0 Å². The van der Waals surface area contributed by atoms with Crippen LogP contribution in [0.1, 0.15) is 45.4 Å². The first-order valence-corrected chi connectivity index (χ1v) is 7.22. The summed E-state index contributed by atoms with van der Waals surface area (Å²) in [7, 11) is 0. The molecular formula is C14H26N4. The van der Waals surface area contributed by atoms with Gasteiger partial charge in [0.15, 0.2) is 0 Å². The fraction of sp³-hybridized carbons (Fsp3) is 0.786. The molecule has 4 heteroatoms. The van der Waals surface area contributed by atoms with E-state index in [1.54, 1.807) is 0 Å². The largest absolute Gasteiger partial charge is 0.335 e. The second-order valence-electron chi connectivity index (χ2n) is 5.59. The van der Waals surface area contributed by atoms with Crippen molar-refractivity contribution < 1.29 is 0 Å². The Kier molecular flexibility index (Phi) is 4.78. The number of nitrogens with one attached hydrogen (secondary N) is 1. The van der Waals surface area contributed by atoms with Crippen LogP contribution in [-0.4, -0.2) is 15.6 Å². The number of aryl methyl sites for hydroxylation is 1. The number of rotatable bonds is 6. The highest BCUT2D eigenvalue weighted by Gasteiger charge is 2.31. The Hall–Kier alpha value is -0.870. The fourth-order valence-electron chi connectivity index (χ4n) is 3.28. The molecule has 18 heavy (non-hydrogen) atoms. The molecule has 0 aromatic carbocycles. The van der Waals surface area contributed by atoms with Crippen LogP contribution < -0.4 is 11.3 Å². The third-order valence-corrected chi connectivity index (χ3v) is 4.33. The lowest BCUT2D eigenvalue weighted by atomic mass is 9.88. The molecule has 0 amide bonds. The van der Waals surface area contributed by atoms with Gasteiger partial charge in [0.05, 0.1) is 0 Å². The highest BCUT2D eigenvalue weighted by Crippen LogP contribution is 2.34. The Balaban J connectivity index is 2.03. The quantitative estimate of drug-likeness (QED) is 0.600. The summed E-state index contributed by atoms with van der Waals surface area (Å²) in [5.41, 5.74) is 3.03. The Morgan fingerprint density at radius 3 is 3.00 bits per heavy atom. The number of hydrogen-bond donors (Lipinski definition) is 2. The second-order valence-corrected chi connectivity index (χ2v) is 5.59. The first-order chi connectivity index (χ1) is 8.76. The van der Waals surface area contributed by atoms with E-state index >= 15 is 0 Å². The van der Waals surface area contributed by atoms with Crippen molar-refractivity contribution in [3.63, 3.8) is 0 Å². The molecule has 0 saturated heterocycles. The van der Waals surface area contributed by atoms with Crippen LogP contribution >= 0.6 is 0 Å². The van der Waals surface area contributed by atoms with E-state index in [0.29, 0.717) is 12.0 Å². The molecule has 1 aliphatic carbocycles. The van der Waals surface area contributed by atoms with Gasteiger partial charge < -0.3 is 4.57 Å². The van der Waals surface area contributed by atoms with Gasteiger partial charge in [0.1, 0.15) is 5.82 Å². The Morgan fingerprint density at radius 1 is 1.56 bits per heavy atom. The predicted octanol–water partition coefficient (Wildman–Crippen LogP) is 2.10. The maximum absolute atomic E-state index is 5.77. The van der Waals surface area contributed by atoms with E-state index in [0.717, 1.165) is 25.3 Å². The summed E-state index contributed by atoms with van der Waals surface area (Å²) in [4.78, 5) is 4.49. The van der Waals surface area contributed by atoms with Gasteiger partial charge in [0.2, 0.25) is 0 Å². The van der Waals surface area contributed by atoms with E-state index in [4.69, 9.17) is 5.84 Å². The maximum atomic E-state index is 5.77. The summed E-state index contributed by atoms with van der Waals surface area (Å²) >= 11 is 0. The lowest BCUT2D eigenvalue weighted by Gasteiger charge is -2.26. The average molecular weight is 250 g/mol. The van der Waals surface area contributed by atoms with E-state index in [9.17, 15) is 0 Å². The van der Waals surface area contributed by atoms with Crippen molar-refractivity contribution in [1.29, 1.82) is 0 Å². The highest BCUT2D eigenvalue weighted by atomic mass is 15.2. The van der Waals surface area contributed by atoms with Crippen molar-refractivity contribution in [2.24, 2.45) is 17.7 Å². The van der Waals surface area contributed by atoms with Gasteiger partial charge in [-0.05, 0) is 24.7 Å². The number of nitrogens with zero attached hydrogens (tertiary/aromatic N) is 2. The zero-order valence-corrected chi connectivity index (χ0v) is 11.6. The van der Waals surface area contributed by atoms with Crippen molar-refractivity contribution in [2.45, 2.75) is 58.5 Å². The van der Waals surface area contributed by atoms with E-state index in [1.165, 1.54) is 25.1 Å². The number of imidazole rings is 1. The summed E-state index contributed by atoms with van der Waals surface area (Å²) in [6.45, 7) is 5.59. The van der Waals surface area contributed by atoms with Gasteiger partial charge in [-0.3, -0.25) is 11.3 Å². The third kappa shape index (κ3) is 2.93. The summed E-state index contributed by atoms with van der Waals surface area (Å²) in [5.74, 6) is 8.41. The first-order valence-electron chi connectivity index (χ1n) is 7.22. The van der Waals surface area contributed by atoms with E-state index < -0.39 is 0 Å². The minimum absolute atomic E-state index is 0.362. The van der Waals surface area contributed by atoms with Crippen molar-refractivity contribution >= 4 is 0 Å². The maximum Gasteiger partial charge on any atom is 0.110 e. The third-order valence-electron chi connectivity index (χ3n) is 4.33. The topological polar surface area (TPSA) is 55.9 Å². The van der Waals surface area contributed by atoms with Gasteiger partial charge in [-0.25, -0.2) is 4.98 Å². The molecule has 1 aromatic rings. The molecule has 0 radical (unpaired) electrons. The van der Waals surface area contributed by atoms with Crippen molar-refractivity contribution in [1.82, 2.24) is 15.0 Å². The number of nitrogens with two attached hydrogens (primary N) is 1. The Morgan fingerprint density at radius 2 is 2.39 bits per heavy atom. The molecule has 3 N–H and O–H groups in total. The minimum Gasteiger partial charge on any atom is -0.335 e. The molecule has 1 saturated carbocycles. The molecule has 3 atom stereocenters. The van der Waals surface area contributed by atoms with Crippen molar-refractivity contribution in [2.75, 3.05) is 0 Å². The SMILES string of the molecule is CCCn1ccnc1CC(NN)C1CCCC1C.